The van der Waals surface area contributed by atoms with Crippen molar-refractivity contribution in [2.24, 2.45) is 5.92 Å². The predicted octanol–water partition coefficient (Wildman–Crippen LogP) is 3.29. The minimum atomic E-state index is 0.840. The lowest BCUT2D eigenvalue weighted by Crippen LogP contribution is -2.21. The molecule has 2 aromatic rings. The maximum atomic E-state index is 6.15. The number of nitrogens with one attached hydrogen (secondary N) is 1. The molecule has 1 fully saturated rings. The molecule has 0 spiro atoms. The number of hydrogen-bond donors (Lipinski definition) is 1. The summed E-state index contributed by atoms with van der Waals surface area (Å²) in [5, 5.41) is 5.50. The first-order valence-corrected chi connectivity index (χ1v) is 6.66. The van der Waals surface area contributed by atoms with E-state index >= 15 is 0 Å². The molecule has 1 heterocycles. The van der Waals surface area contributed by atoms with Gasteiger partial charge in [0, 0.05) is 35.2 Å². The van der Waals surface area contributed by atoms with Gasteiger partial charge in [0.2, 0.25) is 0 Å². The molecule has 0 radical (unpaired) electrons. The molecule has 0 saturated heterocycles. The molecule has 1 aromatic heterocycles. The zero-order valence-corrected chi connectivity index (χ0v) is 10.6. The third-order valence-corrected chi connectivity index (χ3v) is 3.75. The van der Waals surface area contributed by atoms with Gasteiger partial charge in [0.15, 0.2) is 0 Å². The molecule has 1 aliphatic carbocycles. The molecule has 0 aliphatic heterocycles. The second-order valence-electron chi connectivity index (χ2n) is 4.83. The van der Waals surface area contributed by atoms with Gasteiger partial charge in [-0.1, -0.05) is 17.7 Å². The van der Waals surface area contributed by atoms with E-state index in [9.17, 15) is 0 Å². The third-order valence-electron chi connectivity index (χ3n) is 3.42. The van der Waals surface area contributed by atoms with Crippen LogP contribution in [-0.2, 0) is 6.54 Å². The summed E-state index contributed by atoms with van der Waals surface area (Å²) >= 11 is 6.15. The van der Waals surface area contributed by atoms with E-state index in [4.69, 9.17) is 11.6 Å². The van der Waals surface area contributed by atoms with E-state index < -0.39 is 0 Å². The van der Waals surface area contributed by atoms with Crippen LogP contribution in [0.1, 0.15) is 12.8 Å². The fourth-order valence-electron chi connectivity index (χ4n) is 2.21. The van der Waals surface area contributed by atoms with Gasteiger partial charge in [0.05, 0.1) is 0 Å². The molecular weight excluding hydrogens is 232 g/mol. The van der Waals surface area contributed by atoms with E-state index in [-0.39, 0.29) is 0 Å². The largest absolute Gasteiger partial charge is 0.346 e. The zero-order valence-electron chi connectivity index (χ0n) is 9.82. The first-order valence-electron chi connectivity index (χ1n) is 6.28. The van der Waals surface area contributed by atoms with Crippen LogP contribution < -0.4 is 5.32 Å². The summed E-state index contributed by atoms with van der Waals surface area (Å²) in [7, 11) is 0. The van der Waals surface area contributed by atoms with Gasteiger partial charge in [0.1, 0.15) is 0 Å². The number of benzene rings is 1. The Balaban J connectivity index is 1.65. The van der Waals surface area contributed by atoms with E-state index in [1.54, 1.807) is 0 Å². The van der Waals surface area contributed by atoms with Crippen LogP contribution in [0.15, 0.2) is 30.5 Å². The minimum Gasteiger partial charge on any atom is -0.346 e. The van der Waals surface area contributed by atoms with Crippen LogP contribution >= 0.6 is 11.6 Å². The van der Waals surface area contributed by atoms with Gasteiger partial charge in [-0.15, -0.1) is 0 Å². The molecule has 17 heavy (non-hydrogen) atoms. The normalized spacial score (nSPS) is 15.6. The first-order chi connectivity index (χ1) is 8.34. The van der Waals surface area contributed by atoms with Gasteiger partial charge in [-0.2, -0.15) is 0 Å². The average molecular weight is 249 g/mol. The second kappa shape index (κ2) is 4.71. The number of fused-ring (bicyclic) bond motifs is 1. The van der Waals surface area contributed by atoms with Gasteiger partial charge in [-0.25, -0.2) is 0 Å². The van der Waals surface area contributed by atoms with E-state index in [0.29, 0.717) is 0 Å². The van der Waals surface area contributed by atoms with Crippen molar-refractivity contribution in [1.29, 1.82) is 0 Å². The van der Waals surface area contributed by atoms with Crippen molar-refractivity contribution in [3.63, 3.8) is 0 Å². The van der Waals surface area contributed by atoms with Crippen molar-refractivity contribution < 1.29 is 0 Å². The summed E-state index contributed by atoms with van der Waals surface area (Å²) in [5.74, 6) is 0.950. The highest BCUT2D eigenvalue weighted by Gasteiger charge is 2.19. The Labute approximate surface area is 107 Å². The lowest BCUT2D eigenvalue weighted by molar-refractivity contribution is 0.584. The van der Waals surface area contributed by atoms with Gasteiger partial charge in [0.25, 0.3) is 0 Å². The standard InChI is InChI=1S/C14H17ClN2/c15-13-2-1-3-14-12(13)6-8-17(14)9-7-16-10-11-4-5-11/h1-3,6,8,11,16H,4-5,7,9-10H2. The zero-order chi connectivity index (χ0) is 11.7. The highest BCUT2D eigenvalue weighted by molar-refractivity contribution is 6.35. The quantitative estimate of drug-likeness (QED) is 0.804. The van der Waals surface area contributed by atoms with Crippen LogP contribution in [0.25, 0.3) is 10.9 Å². The Morgan fingerprint density at radius 1 is 1.29 bits per heavy atom. The number of hydrogen-bond acceptors (Lipinski definition) is 1. The van der Waals surface area contributed by atoms with Gasteiger partial charge >= 0.3 is 0 Å². The molecule has 90 valence electrons. The fourth-order valence-corrected chi connectivity index (χ4v) is 2.44. The molecular formula is C14H17ClN2. The minimum absolute atomic E-state index is 0.840. The fraction of sp³-hybridized carbons (Fsp3) is 0.429. The van der Waals surface area contributed by atoms with Crippen molar-refractivity contribution >= 4 is 22.5 Å². The average Bonchev–Trinajstić information content (AvgIpc) is 3.06. The Morgan fingerprint density at radius 3 is 3.00 bits per heavy atom. The van der Waals surface area contributed by atoms with Crippen LogP contribution in [0.5, 0.6) is 0 Å². The van der Waals surface area contributed by atoms with Crippen molar-refractivity contribution in [3.05, 3.63) is 35.5 Å². The molecule has 0 atom stereocenters. The Morgan fingerprint density at radius 2 is 2.18 bits per heavy atom. The van der Waals surface area contributed by atoms with Crippen LogP contribution in [0.2, 0.25) is 5.02 Å². The number of aromatic nitrogens is 1. The Hall–Kier alpha value is -0.990. The molecule has 0 amide bonds. The molecule has 1 saturated carbocycles. The van der Waals surface area contributed by atoms with Crippen LogP contribution in [0.4, 0.5) is 0 Å². The van der Waals surface area contributed by atoms with E-state index in [0.717, 1.165) is 29.4 Å². The predicted molar refractivity (Wildman–Crippen MR) is 72.5 cm³/mol. The number of halogens is 1. The molecule has 2 nitrogen and oxygen atoms in total. The molecule has 1 N–H and O–H groups in total. The summed E-state index contributed by atoms with van der Waals surface area (Å²) in [5.41, 5.74) is 1.23. The van der Waals surface area contributed by atoms with Crippen molar-refractivity contribution in [2.45, 2.75) is 19.4 Å². The highest BCUT2D eigenvalue weighted by atomic mass is 35.5. The summed E-state index contributed by atoms with van der Waals surface area (Å²) in [4.78, 5) is 0. The monoisotopic (exact) mass is 248 g/mol. The van der Waals surface area contributed by atoms with Crippen LogP contribution in [-0.4, -0.2) is 17.7 Å². The second-order valence-corrected chi connectivity index (χ2v) is 5.24. The lowest BCUT2D eigenvalue weighted by atomic mass is 10.2. The molecule has 0 bridgehead atoms. The molecule has 3 heteroatoms. The molecule has 1 aliphatic rings. The van der Waals surface area contributed by atoms with Gasteiger partial charge in [-0.3, -0.25) is 0 Å². The van der Waals surface area contributed by atoms with E-state index in [2.05, 4.69) is 28.2 Å². The Bertz CT molecular complexity index is 514. The first kappa shape index (κ1) is 11.1. The van der Waals surface area contributed by atoms with Crippen LogP contribution in [0, 0.1) is 5.92 Å². The summed E-state index contributed by atoms with van der Waals surface area (Å²) in [6.07, 6.45) is 4.94. The van der Waals surface area contributed by atoms with Crippen LogP contribution in [0.3, 0.4) is 0 Å². The lowest BCUT2D eigenvalue weighted by Gasteiger charge is -2.07. The summed E-state index contributed by atoms with van der Waals surface area (Å²) < 4.78 is 2.26. The third kappa shape index (κ3) is 2.48. The maximum absolute atomic E-state index is 6.15. The number of nitrogens with zero attached hydrogens (tertiary/aromatic N) is 1. The summed E-state index contributed by atoms with van der Waals surface area (Å²) in [6, 6.07) is 8.18. The highest BCUT2D eigenvalue weighted by Crippen LogP contribution is 2.27. The topological polar surface area (TPSA) is 17.0 Å². The van der Waals surface area contributed by atoms with Gasteiger partial charge < -0.3 is 9.88 Å². The Kier molecular flexibility index (Phi) is 3.08. The summed E-state index contributed by atoms with van der Waals surface area (Å²) in [6.45, 7) is 3.23. The van der Waals surface area contributed by atoms with Crippen molar-refractivity contribution in [2.75, 3.05) is 13.1 Å². The van der Waals surface area contributed by atoms with E-state index in [1.807, 2.05) is 12.1 Å². The van der Waals surface area contributed by atoms with Gasteiger partial charge in [-0.05, 0) is 43.5 Å². The van der Waals surface area contributed by atoms with Crippen molar-refractivity contribution in [3.8, 4) is 0 Å². The van der Waals surface area contributed by atoms with E-state index in [1.165, 1.54) is 24.9 Å². The molecule has 0 unspecified atom stereocenters. The van der Waals surface area contributed by atoms with Crippen molar-refractivity contribution in [1.82, 2.24) is 9.88 Å². The molecule has 3 rings (SSSR count). The molecule has 1 aromatic carbocycles. The SMILES string of the molecule is Clc1cccc2c1ccn2CCNCC1CC1. The number of rotatable bonds is 5. The smallest absolute Gasteiger partial charge is 0.0499 e. The maximum Gasteiger partial charge on any atom is 0.0499 e.